The van der Waals surface area contributed by atoms with E-state index in [-0.39, 0.29) is 0 Å². The summed E-state index contributed by atoms with van der Waals surface area (Å²) < 4.78 is 0. The first-order valence-electron chi connectivity index (χ1n) is 8.35. The van der Waals surface area contributed by atoms with Crippen LogP contribution in [0.2, 0.25) is 0 Å². The third-order valence-electron chi connectivity index (χ3n) is 4.51. The molecular formula is C18H30N2. The maximum absolute atomic E-state index is 4.54. The van der Waals surface area contributed by atoms with Crippen LogP contribution in [0.5, 0.6) is 0 Å². The second-order valence-electron chi connectivity index (χ2n) is 6.70. The van der Waals surface area contributed by atoms with Crippen molar-refractivity contribution in [3.8, 4) is 0 Å². The minimum Gasteiger partial charge on any atom is -0.308 e. The molecule has 0 aliphatic heterocycles. The lowest BCUT2D eigenvalue weighted by molar-refractivity contribution is 0.251. The van der Waals surface area contributed by atoms with Crippen molar-refractivity contribution in [2.24, 2.45) is 11.8 Å². The van der Waals surface area contributed by atoms with E-state index in [1.807, 2.05) is 12.3 Å². The van der Waals surface area contributed by atoms with Crippen molar-refractivity contribution in [1.82, 2.24) is 10.3 Å². The molecule has 1 aliphatic carbocycles. The first-order valence-corrected chi connectivity index (χ1v) is 8.35. The van der Waals surface area contributed by atoms with Crippen molar-refractivity contribution < 1.29 is 0 Å². The second kappa shape index (κ2) is 7.78. The van der Waals surface area contributed by atoms with E-state index >= 15 is 0 Å². The van der Waals surface area contributed by atoms with E-state index in [4.69, 9.17) is 0 Å². The summed E-state index contributed by atoms with van der Waals surface area (Å²) in [4.78, 5) is 4.54. The normalized spacial score (nSPS) is 23.2. The van der Waals surface area contributed by atoms with Crippen molar-refractivity contribution in [2.45, 2.75) is 71.9 Å². The molecule has 1 aromatic heterocycles. The lowest BCUT2D eigenvalue weighted by atomic mass is 9.81. The number of aryl methyl sites for hydroxylation is 1. The zero-order valence-electron chi connectivity index (χ0n) is 13.4. The van der Waals surface area contributed by atoms with Crippen LogP contribution in [0.4, 0.5) is 0 Å². The standard InChI is InChI=1S/C18H30N2/c1-4-16-8-6-10-19-18(16)13-20-17-9-5-7-15(12-17)11-14(2)3/h6,8,10,14-15,17,20H,4-5,7,9,11-13H2,1-3H3. The van der Waals surface area contributed by atoms with Gasteiger partial charge in [0.2, 0.25) is 0 Å². The summed E-state index contributed by atoms with van der Waals surface area (Å²) in [5.41, 5.74) is 2.62. The SMILES string of the molecule is CCc1cccnc1CNC1CCCC(CC(C)C)C1. The fourth-order valence-electron chi connectivity index (χ4n) is 3.55. The number of pyridine rings is 1. The van der Waals surface area contributed by atoms with Crippen LogP contribution in [-0.4, -0.2) is 11.0 Å². The molecule has 2 unspecified atom stereocenters. The summed E-state index contributed by atoms with van der Waals surface area (Å²) in [5, 5.41) is 3.75. The summed E-state index contributed by atoms with van der Waals surface area (Å²) in [6, 6.07) is 4.94. The quantitative estimate of drug-likeness (QED) is 0.834. The van der Waals surface area contributed by atoms with Gasteiger partial charge in [-0.1, -0.05) is 39.7 Å². The van der Waals surface area contributed by atoms with Crippen LogP contribution < -0.4 is 5.32 Å². The third kappa shape index (κ3) is 4.59. The molecule has 1 heterocycles. The smallest absolute Gasteiger partial charge is 0.0573 e. The highest BCUT2D eigenvalue weighted by Crippen LogP contribution is 2.29. The minimum atomic E-state index is 0.694. The summed E-state index contributed by atoms with van der Waals surface area (Å²) in [6.45, 7) is 7.83. The highest BCUT2D eigenvalue weighted by atomic mass is 14.9. The molecule has 2 atom stereocenters. The van der Waals surface area contributed by atoms with Gasteiger partial charge in [-0.2, -0.15) is 0 Å². The van der Waals surface area contributed by atoms with E-state index in [1.165, 1.54) is 43.4 Å². The van der Waals surface area contributed by atoms with Gasteiger partial charge in [0.05, 0.1) is 5.69 Å². The van der Waals surface area contributed by atoms with Crippen LogP contribution >= 0.6 is 0 Å². The molecule has 0 radical (unpaired) electrons. The molecular weight excluding hydrogens is 244 g/mol. The van der Waals surface area contributed by atoms with Gasteiger partial charge in [0.15, 0.2) is 0 Å². The molecule has 2 heteroatoms. The Morgan fingerprint density at radius 2 is 2.20 bits per heavy atom. The first kappa shape index (κ1) is 15.5. The van der Waals surface area contributed by atoms with E-state index in [2.05, 4.69) is 37.1 Å². The predicted molar refractivity (Wildman–Crippen MR) is 85.7 cm³/mol. The van der Waals surface area contributed by atoms with Crippen molar-refractivity contribution in [3.05, 3.63) is 29.6 Å². The predicted octanol–water partition coefficient (Wildman–Crippen LogP) is 4.34. The maximum Gasteiger partial charge on any atom is 0.0573 e. The molecule has 1 aliphatic rings. The summed E-state index contributed by atoms with van der Waals surface area (Å²) in [7, 11) is 0. The summed E-state index contributed by atoms with van der Waals surface area (Å²) in [5.74, 6) is 1.76. The molecule has 1 aromatic rings. The first-order chi connectivity index (χ1) is 9.69. The van der Waals surface area contributed by atoms with Crippen LogP contribution in [0.1, 0.15) is 64.1 Å². The average Bonchev–Trinajstić information content (AvgIpc) is 2.45. The average molecular weight is 274 g/mol. The van der Waals surface area contributed by atoms with E-state index in [1.54, 1.807) is 0 Å². The fraction of sp³-hybridized carbons (Fsp3) is 0.722. The number of nitrogens with zero attached hydrogens (tertiary/aromatic N) is 1. The van der Waals surface area contributed by atoms with Crippen molar-refractivity contribution >= 4 is 0 Å². The molecule has 0 bridgehead atoms. The van der Waals surface area contributed by atoms with Gasteiger partial charge in [-0.05, 0) is 49.1 Å². The Kier molecular flexibility index (Phi) is 6.03. The monoisotopic (exact) mass is 274 g/mol. The van der Waals surface area contributed by atoms with Gasteiger partial charge in [-0.15, -0.1) is 0 Å². The molecule has 2 nitrogen and oxygen atoms in total. The van der Waals surface area contributed by atoms with Gasteiger partial charge in [0.1, 0.15) is 0 Å². The number of hydrogen-bond acceptors (Lipinski definition) is 2. The van der Waals surface area contributed by atoms with Gasteiger partial charge in [0, 0.05) is 18.8 Å². The third-order valence-corrected chi connectivity index (χ3v) is 4.51. The molecule has 0 spiro atoms. The van der Waals surface area contributed by atoms with E-state index in [0.29, 0.717) is 6.04 Å². The Hall–Kier alpha value is -0.890. The Labute approximate surface area is 124 Å². The van der Waals surface area contributed by atoms with Crippen LogP contribution in [0.3, 0.4) is 0 Å². The molecule has 20 heavy (non-hydrogen) atoms. The Bertz CT molecular complexity index is 400. The van der Waals surface area contributed by atoms with Crippen LogP contribution in [0.25, 0.3) is 0 Å². The molecule has 112 valence electrons. The Balaban J connectivity index is 1.84. The highest BCUT2D eigenvalue weighted by molar-refractivity contribution is 5.19. The zero-order valence-corrected chi connectivity index (χ0v) is 13.4. The van der Waals surface area contributed by atoms with E-state index in [9.17, 15) is 0 Å². The maximum atomic E-state index is 4.54. The topological polar surface area (TPSA) is 24.9 Å². The van der Waals surface area contributed by atoms with Gasteiger partial charge in [-0.25, -0.2) is 0 Å². The van der Waals surface area contributed by atoms with Crippen molar-refractivity contribution in [3.63, 3.8) is 0 Å². The molecule has 0 amide bonds. The highest BCUT2D eigenvalue weighted by Gasteiger charge is 2.22. The fourth-order valence-corrected chi connectivity index (χ4v) is 3.55. The molecule has 1 N–H and O–H groups in total. The number of nitrogens with one attached hydrogen (secondary N) is 1. The van der Waals surface area contributed by atoms with Crippen LogP contribution in [-0.2, 0) is 13.0 Å². The lowest BCUT2D eigenvalue weighted by Gasteiger charge is -2.31. The lowest BCUT2D eigenvalue weighted by Crippen LogP contribution is -2.34. The minimum absolute atomic E-state index is 0.694. The van der Waals surface area contributed by atoms with Gasteiger partial charge in [-0.3, -0.25) is 4.98 Å². The van der Waals surface area contributed by atoms with Gasteiger partial charge < -0.3 is 5.32 Å². The summed E-state index contributed by atoms with van der Waals surface area (Å²) in [6.07, 6.45) is 9.89. The Morgan fingerprint density at radius 1 is 1.35 bits per heavy atom. The molecule has 1 fully saturated rings. The molecule has 0 aromatic carbocycles. The van der Waals surface area contributed by atoms with Crippen LogP contribution in [0.15, 0.2) is 18.3 Å². The number of aromatic nitrogens is 1. The number of rotatable bonds is 6. The molecule has 0 saturated heterocycles. The molecule has 2 rings (SSSR count). The Morgan fingerprint density at radius 3 is 2.95 bits per heavy atom. The van der Waals surface area contributed by atoms with E-state index < -0.39 is 0 Å². The van der Waals surface area contributed by atoms with Gasteiger partial charge >= 0.3 is 0 Å². The van der Waals surface area contributed by atoms with E-state index in [0.717, 1.165) is 24.8 Å². The number of hydrogen-bond donors (Lipinski definition) is 1. The summed E-state index contributed by atoms with van der Waals surface area (Å²) >= 11 is 0. The van der Waals surface area contributed by atoms with Gasteiger partial charge in [0.25, 0.3) is 0 Å². The van der Waals surface area contributed by atoms with Crippen LogP contribution in [0, 0.1) is 11.8 Å². The molecule has 1 saturated carbocycles. The second-order valence-corrected chi connectivity index (χ2v) is 6.70. The van der Waals surface area contributed by atoms with Crippen molar-refractivity contribution in [1.29, 1.82) is 0 Å². The van der Waals surface area contributed by atoms with Crippen molar-refractivity contribution in [2.75, 3.05) is 0 Å². The largest absolute Gasteiger partial charge is 0.308 e. The zero-order chi connectivity index (χ0) is 14.4.